The molecule has 0 aromatic carbocycles. The second-order valence-corrected chi connectivity index (χ2v) is 3.64. The van der Waals surface area contributed by atoms with Gasteiger partial charge in [0, 0.05) is 6.20 Å². The van der Waals surface area contributed by atoms with Gasteiger partial charge in [-0.05, 0) is 6.07 Å². The van der Waals surface area contributed by atoms with Crippen LogP contribution in [0.15, 0.2) is 12.3 Å². The number of pyridine rings is 1. The fourth-order valence-electron chi connectivity index (χ4n) is 1.09. The molecule has 2 amide bonds. The lowest BCUT2D eigenvalue weighted by molar-refractivity contribution is -0.167. The van der Waals surface area contributed by atoms with E-state index in [1.807, 2.05) is 0 Å². The van der Waals surface area contributed by atoms with Crippen LogP contribution in [0.5, 0.6) is 0 Å². The number of aromatic nitrogens is 1. The van der Waals surface area contributed by atoms with Crippen LogP contribution in [0.3, 0.4) is 0 Å². The van der Waals surface area contributed by atoms with Crippen LogP contribution >= 0.6 is 0 Å². The Morgan fingerprint density at radius 2 is 1.55 bits per heavy atom. The molecular formula is C10H4F6N4O2. The van der Waals surface area contributed by atoms with Gasteiger partial charge >= 0.3 is 24.2 Å². The van der Waals surface area contributed by atoms with E-state index in [-0.39, 0.29) is 5.56 Å². The summed E-state index contributed by atoms with van der Waals surface area (Å²) in [5.74, 6) is -6.00. The molecule has 22 heavy (non-hydrogen) atoms. The van der Waals surface area contributed by atoms with Crippen molar-refractivity contribution in [3.63, 3.8) is 0 Å². The quantitative estimate of drug-likeness (QED) is 0.812. The lowest BCUT2D eigenvalue weighted by atomic mass is 10.2. The lowest BCUT2D eigenvalue weighted by Gasteiger charge is -2.13. The number of nitriles is 1. The Hall–Kier alpha value is -2.84. The molecule has 0 saturated heterocycles. The zero-order valence-electron chi connectivity index (χ0n) is 10.1. The van der Waals surface area contributed by atoms with Gasteiger partial charge in [0.15, 0.2) is 5.82 Å². The first-order valence-corrected chi connectivity index (χ1v) is 5.11. The number of hydrogen-bond acceptors (Lipinski definition) is 4. The highest BCUT2D eigenvalue weighted by molar-refractivity contribution is 6.01. The van der Waals surface area contributed by atoms with Crippen molar-refractivity contribution in [2.24, 2.45) is 0 Å². The number of carbonyl (C=O) groups excluding carboxylic acids is 2. The van der Waals surface area contributed by atoms with E-state index in [0.29, 0.717) is 12.3 Å². The third kappa shape index (κ3) is 4.33. The third-order valence-electron chi connectivity index (χ3n) is 2.01. The van der Waals surface area contributed by atoms with E-state index < -0.39 is 35.7 Å². The van der Waals surface area contributed by atoms with Gasteiger partial charge in [0.2, 0.25) is 0 Å². The average molecular weight is 326 g/mol. The topological polar surface area (TPSA) is 94.9 Å². The van der Waals surface area contributed by atoms with Crippen molar-refractivity contribution in [3.8, 4) is 6.07 Å². The van der Waals surface area contributed by atoms with Crippen LogP contribution in [0.2, 0.25) is 0 Å². The number of rotatable bonds is 2. The summed E-state index contributed by atoms with van der Waals surface area (Å²) in [7, 11) is 0. The molecule has 1 heterocycles. The molecule has 0 aliphatic carbocycles. The van der Waals surface area contributed by atoms with Crippen molar-refractivity contribution < 1.29 is 35.9 Å². The standard InChI is InChI=1S/C10H4F6N4O2/c11-9(12,13)7(21)19-5-1-4(2-17)3-18-6(5)20-8(22)10(14,15)16/h1,3H,(H,19,21)(H,18,20,22). The summed E-state index contributed by atoms with van der Waals surface area (Å²) in [5.41, 5.74) is -1.25. The van der Waals surface area contributed by atoms with Crippen molar-refractivity contribution in [2.75, 3.05) is 10.6 Å². The summed E-state index contributed by atoms with van der Waals surface area (Å²) in [6.45, 7) is 0. The van der Waals surface area contributed by atoms with Crippen molar-refractivity contribution in [1.82, 2.24) is 4.98 Å². The highest BCUT2D eigenvalue weighted by Gasteiger charge is 2.41. The number of carbonyl (C=O) groups is 2. The number of halogens is 6. The van der Waals surface area contributed by atoms with E-state index in [0.717, 1.165) is 0 Å². The first-order chi connectivity index (χ1) is 9.95. The summed E-state index contributed by atoms with van der Waals surface area (Å²) in [6.07, 6.45) is -9.94. The summed E-state index contributed by atoms with van der Waals surface area (Å²) in [6, 6.07) is 2.09. The number of alkyl halides is 6. The number of amides is 2. The molecule has 0 aliphatic heterocycles. The van der Waals surface area contributed by atoms with Gasteiger partial charge in [-0.3, -0.25) is 9.59 Å². The summed E-state index contributed by atoms with van der Waals surface area (Å²) < 4.78 is 72.7. The number of nitrogens with one attached hydrogen (secondary N) is 2. The Morgan fingerprint density at radius 1 is 1.05 bits per heavy atom. The molecule has 6 nitrogen and oxygen atoms in total. The van der Waals surface area contributed by atoms with Crippen LogP contribution in [-0.2, 0) is 9.59 Å². The van der Waals surface area contributed by atoms with E-state index >= 15 is 0 Å². The monoisotopic (exact) mass is 326 g/mol. The maximum atomic E-state index is 12.1. The Balaban J connectivity index is 3.16. The van der Waals surface area contributed by atoms with Crippen LogP contribution in [0, 0.1) is 11.3 Å². The van der Waals surface area contributed by atoms with Crippen LogP contribution < -0.4 is 10.6 Å². The smallest absolute Gasteiger partial charge is 0.315 e. The fraction of sp³-hybridized carbons (Fsp3) is 0.200. The molecule has 0 fully saturated rings. The normalized spacial score (nSPS) is 11.5. The van der Waals surface area contributed by atoms with E-state index in [1.54, 1.807) is 0 Å². The van der Waals surface area contributed by atoms with Gasteiger partial charge < -0.3 is 10.6 Å². The second kappa shape index (κ2) is 5.88. The molecule has 12 heteroatoms. The van der Waals surface area contributed by atoms with Gasteiger partial charge in [-0.2, -0.15) is 31.6 Å². The fourth-order valence-corrected chi connectivity index (χ4v) is 1.09. The molecule has 0 saturated carbocycles. The van der Waals surface area contributed by atoms with E-state index in [4.69, 9.17) is 5.26 Å². The van der Waals surface area contributed by atoms with Crippen LogP contribution in [-0.4, -0.2) is 29.2 Å². The first-order valence-electron chi connectivity index (χ1n) is 5.11. The Morgan fingerprint density at radius 3 is 2.00 bits per heavy atom. The van der Waals surface area contributed by atoms with Gasteiger partial charge in [0.05, 0.1) is 11.3 Å². The van der Waals surface area contributed by atoms with E-state index in [2.05, 4.69) is 4.98 Å². The molecule has 1 aromatic heterocycles. The average Bonchev–Trinajstić information content (AvgIpc) is 2.38. The molecule has 1 aromatic rings. The first kappa shape index (κ1) is 17.2. The van der Waals surface area contributed by atoms with Gasteiger partial charge in [-0.25, -0.2) is 4.98 Å². The largest absolute Gasteiger partial charge is 0.471 e. The predicted molar refractivity (Wildman–Crippen MR) is 58.3 cm³/mol. The van der Waals surface area contributed by atoms with Crippen molar-refractivity contribution in [1.29, 1.82) is 5.26 Å². The minimum atomic E-state index is -5.33. The Bertz CT molecular complexity index is 646. The zero-order valence-corrected chi connectivity index (χ0v) is 10.1. The van der Waals surface area contributed by atoms with Crippen LogP contribution in [0.4, 0.5) is 37.8 Å². The number of hydrogen-bond donors (Lipinski definition) is 2. The van der Waals surface area contributed by atoms with Crippen LogP contribution in [0.25, 0.3) is 0 Å². The molecule has 0 bridgehead atoms. The lowest BCUT2D eigenvalue weighted by Crippen LogP contribution is -2.33. The van der Waals surface area contributed by atoms with Crippen molar-refractivity contribution >= 4 is 23.3 Å². The molecular weight excluding hydrogens is 322 g/mol. The van der Waals surface area contributed by atoms with Gasteiger partial charge in [-0.15, -0.1) is 0 Å². The molecule has 0 spiro atoms. The minimum absolute atomic E-state index is 0.345. The maximum absolute atomic E-state index is 12.1. The SMILES string of the molecule is N#Cc1cnc(NC(=O)C(F)(F)F)c(NC(=O)C(F)(F)F)c1. The van der Waals surface area contributed by atoms with E-state index in [1.165, 1.54) is 16.7 Å². The molecule has 1 rings (SSSR count). The van der Waals surface area contributed by atoms with Crippen LogP contribution in [0.1, 0.15) is 5.56 Å². The summed E-state index contributed by atoms with van der Waals surface area (Å²) in [4.78, 5) is 24.7. The molecule has 118 valence electrons. The van der Waals surface area contributed by atoms with E-state index in [9.17, 15) is 35.9 Å². The minimum Gasteiger partial charge on any atom is -0.315 e. The van der Waals surface area contributed by atoms with Crippen molar-refractivity contribution in [3.05, 3.63) is 17.8 Å². The number of nitrogens with zero attached hydrogens (tertiary/aromatic N) is 2. The van der Waals surface area contributed by atoms with Crippen molar-refractivity contribution in [2.45, 2.75) is 12.4 Å². The Kier molecular flexibility index (Phi) is 4.60. The Labute approximate surface area is 117 Å². The summed E-state index contributed by atoms with van der Waals surface area (Å²) >= 11 is 0. The summed E-state index contributed by atoms with van der Waals surface area (Å²) in [5, 5.41) is 11.0. The highest BCUT2D eigenvalue weighted by atomic mass is 19.4. The predicted octanol–water partition coefficient (Wildman–Crippen LogP) is 1.95. The highest BCUT2D eigenvalue weighted by Crippen LogP contribution is 2.26. The van der Waals surface area contributed by atoms with Gasteiger partial charge in [0.25, 0.3) is 0 Å². The molecule has 0 unspecified atom stereocenters. The van der Waals surface area contributed by atoms with Gasteiger partial charge in [0.1, 0.15) is 6.07 Å². The number of anilines is 2. The molecule has 0 aliphatic rings. The second-order valence-electron chi connectivity index (χ2n) is 3.64. The zero-order chi connectivity index (χ0) is 17.1. The third-order valence-corrected chi connectivity index (χ3v) is 2.01. The molecule has 0 atom stereocenters. The maximum Gasteiger partial charge on any atom is 0.471 e. The molecule has 0 radical (unpaired) electrons. The van der Waals surface area contributed by atoms with Gasteiger partial charge in [-0.1, -0.05) is 0 Å². The molecule has 2 N–H and O–H groups in total.